The number of carbonyl (C=O) groups excluding carboxylic acids is 4. The Balaban J connectivity index is -0.0000000941. The summed E-state index contributed by atoms with van der Waals surface area (Å²) in [4.78, 5) is 38.6. The Morgan fingerprint density at radius 3 is 1.05 bits per heavy atom. The Labute approximate surface area is 129 Å². The van der Waals surface area contributed by atoms with E-state index in [1.807, 2.05) is 0 Å². The van der Waals surface area contributed by atoms with Crippen LogP contribution in [0.3, 0.4) is 0 Å². The summed E-state index contributed by atoms with van der Waals surface area (Å²) in [5, 5.41) is 19.0. The van der Waals surface area contributed by atoms with E-state index < -0.39 is 23.9 Å². The van der Waals surface area contributed by atoms with Crippen molar-refractivity contribution in [2.45, 2.75) is 53.4 Å². The molecule has 0 bridgehead atoms. The van der Waals surface area contributed by atoms with Gasteiger partial charge in [0.2, 0.25) is 0 Å². The molecular weight excluding hydrogens is 283 g/mol. The first-order valence-corrected chi connectivity index (χ1v) is 5.75. The van der Waals surface area contributed by atoms with Crippen molar-refractivity contribution in [2.75, 3.05) is 0 Å². The summed E-state index contributed by atoms with van der Waals surface area (Å²) in [7, 11) is 0. The molecule has 0 aromatic heterocycles. The van der Waals surface area contributed by atoms with Crippen molar-refractivity contribution in [3.8, 4) is 0 Å². The summed E-state index contributed by atoms with van der Waals surface area (Å²) in [6, 6.07) is 0. The zero-order valence-electron chi connectivity index (χ0n) is 12.3. The predicted octanol–water partition coefficient (Wildman–Crippen LogP) is -1.21. The number of esters is 2. The van der Waals surface area contributed by atoms with E-state index in [4.69, 9.17) is 0 Å². The van der Waals surface area contributed by atoms with Crippen molar-refractivity contribution in [1.29, 1.82) is 0 Å². The first kappa shape index (κ1) is 27.0. The topological polar surface area (TPSA) is 124 Å². The molecule has 0 saturated heterocycles. The number of hydrogen-bond acceptors (Lipinski definition) is 7. The van der Waals surface area contributed by atoms with E-state index in [0.29, 0.717) is 12.8 Å². The molecule has 8 heteroatoms. The van der Waals surface area contributed by atoms with E-state index in [2.05, 4.69) is 4.74 Å². The average molecular weight is 303 g/mol. The van der Waals surface area contributed by atoms with E-state index in [-0.39, 0.29) is 30.2 Å². The van der Waals surface area contributed by atoms with Crippen LogP contribution in [0, 0.1) is 0 Å². The Morgan fingerprint density at radius 2 is 1.05 bits per heavy atom. The summed E-state index contributed by atoms with van der Waals surface area (Å²) in [5.41, 5.74) is 0. The zero-order valence-corrected chi connectivity index (χ0v) is 13.4. The molecule has 0 spiro atoms. The molecule has 0 aliphatic heterocycles. The van der Waals surface area contributed by atoms with Gasteiger partial charge in [-0.1, -0.05) is 26.7 Å². The maximum absolute atomic E-state index is 9.81. The minimum absolute atomic E-state index is 0. The molecule has 0 saturated carbocycles. The molecule has 0 N–H and O–H groups in total. The quantitative estimate of drug-likeness (QED) is 0.362. The van der Waals surface area contributed by atoms with Crippen LogP contribution >= 0.6 is 0 Å². The van der Waals surface area contributed by atoms with E-state index in [1.54, 1.807) is 13.8 Å². The van der Waals surface area contributed by atoms with E-state index in [9.17, 15) is 29.4 Å². The fourth-order valence-corrected chi connectivity index (χ4v) is 0.611. The third kappa shape index (κ3) is 54.6. The van der Waals surface area contributed by atoms with Gasteiger partial charge >= 0.3 is 29.3 Å². The van der Waals surface area contributed by atoms with E-state index in [0.717, 1.165) is 0 Å². The van der Waals surface area contributed by atoms with Crippen LogP contribution in [-0.2, 0) is 23.9 Å². The number of rotatable bonds is 4. The number of carboxylic acids is 2. The van der Waals surface area contributed by atoms with Gasteiger partial charge in [-0.25, -0.2) is 0 Å². The third-order valence-corrected chi connectivity index (χ3v) is 1.20. The van der Waals surface area contributed by atoms with Gasteiger partial charge in [-0.2, -0.15) is 0 Å². The second kappa shape index (κ2) is 19.9. The van der Waals surface area contributed by atoms with Gasteiger partial charge in [0, 0.05) is 25.8 Å². The van der Waals surface area contributed by atoms with Crippen molar-refractivity contribution < 1.29 is 34.1 Å². The van der Waals surface area contributed by atoms with Crippen LogP contribution < -0.4 is 10.2 Å². The SMILES string of the molecule is CC(=O)OC(C)=O.CCCC(=O)[O-].CCCC(=O)[O-].[Al+2]. The minimum Gasteiger partial charge on any atom is -0.550 e. The van der Waals surface area contributed by atoms with Crippen LogP contribution in [0.15, 0.2) is 0 Å². The second-order valence-electron chi connectivity index (χ2n) is 3.33. The van der Waals surface area contributed by atoms with Crippen molar-refractivity contribution in [2.24, 2.45) is 0 Å². The normalized spacial score (nSPS) is 7.60. The molecule has 7 nitrogen and oxygen atoms in total. The fraction of sp³-hybridized carbons (Fsp3) is 0.667. The van der Waals surface area contributed by atoms with E-state index >= 15 is 0 Å². The zero-order chi connectivity index (χ0) is 15.8. The van der Waals surface area contributed by atoms with Crippen molar-refractivity contribution in [1.82, 2.24) is 0 Å². The molecule has 0 aromatic carbocycles. The summed E-state index contributed by atoms with van der Waals surface area (Å²) >= 11 is 0. The number of carbonyl (C=O) groups is 4. The van der Waals surface area contributed by atoms with Crippen LogP contribution in [0.5, 0.6) is 0 Å². The van der Waals surface area contributed by atoms with Crippen LogP contribution in [0.4, 0.5) is 0 Å². The van der Waals surface area contributed by atoms with Gasteiger partial charge in [0.15, 0.2) is 0 Å². The Morgan fingerprint density at radius 1 is 0.800 bits per heavy atom. The Hall–Kier alpha value is -1.39. The number of aliphatic carboxylic acids is 2. The Kier molecular flexibility index (Phi) is 27.0. The van der Waals surface area contributed by atoms with Gasteiger partial charge in [-0.15, -0.1) is 0 Å². The van der Waals surface area contributed by atoms with Gasteiger partial charge in [0.1, 0.15) is 0 Å². The molecule has 0 atom stereocenters. The molecule has 0 rings (SSSR count). The summed E-state index contributed by atoms with van der Waals surface area (Å²) in [5.74, 6) is -3.05. The van der Waals surface area contributed by atoms with Crippen LogP contribution in [0.2, 0.25) is 0 Å². The largest absolute Gasteiger partial charge is 2.00 e. The summed E-state index contributed by atoms with van der Waals surface area (Å²) in [6.45, 7) is 5.97. The number of carboxylic acid groups (broad SMARTS) is 2. The van der Waals surface area contributed by atoms with E-state index in [1.165, 1.54) is 13.8 Å². The standard InChI is InChI=1S/C4H6O3.2C4H8O2.Al/c1-3(5)7-4(2)6;2*1-2-3-4(5)6;/h1-2H3;2*2-3H2,1H3,(H,5,6);/q;;;+2/p-2. The van der Waals surface area contributed by atoms with Crippen molar-refractivity contribution in [3.05, 3.63) is 0 Å². The molecule has 0 amide bonds. The summed E-state index contributed by atoms with van der Waals surface area (Å²) in [6.07, 6.45) is 1.70. The molecule has 0 fully saturated rings. The average Bonchev–Trinajstić information content (AvgIpc) is 2.15. The maximum Gasteiger partial charge on any atom is 2.00 e. The van der Waals surface area contributed by atoms with Crippen LogP contribution in [-0.4, -0.2) is 41.2 Å². The first-order valence-electron chi connectivity index (χ1n) is 5.75. The van der Waals surface area contributed by atoms with Crippen molar-refractivity contribution in [3.63, 3.8) is 0 Å². The second-order valence-corrected chi connectivity index (χ2v) is 3.33. The molecule has 0 unspecified atom stereocenters. The minimum atomic E-state index is -0.961. The molecule has 0 aliphatic rings. The van der Waals surface area contributed by atoms with Gasteiger partial charge < -0.3 is 24.5 Å². The molecule has 0 aromatic rings. The molecular formula is C12H20AlO7. The van der Waals surface area contributed by atoms with Crippen LogP contribution in [0.25, 0.3) is 0 Å². The van der Waals surface area contributed by atoms with Gasteiger partial charge in [-0.3, -0.25) is 9.59 Å². The third-order valence-electron chi connectivity index (χ3n) is 1.20. The smallest absolute Gasteiger partial charge is 0.550 e. The summed E-state index contributed by atoms with van der Waals surface area (Å²) < 4.78 is 3.97. The Bertz CT molecular complexity index is 262. The van der Waals surface area contributed by atoms with Gasteiger partial charge in [0.05, 0.1) is 0 Å². The number of ether oxygens (including phenoxy) is 1. The molecule has 0 heterocycles. The molecule has 1 radical (unpaired) electrons. The fourth-order valence-electron chi connectivity index (χ4n) is 0.611. The van der Waals surface area contributed by atoms with Crippen LogP contribution in [0.1, 0.15) is 53.4 Å². The van der Waals surface area contributed by atoms with Gasteiger partial charge in [0.25, 0.3) is 0 Å². The first-order chi connectivity index (χ1) is 8.67. The van der Waals surface area contributed by atoms with Crippen molar-refractivity contribution >= 4 is 41.2 Å². The van der Waals surface area contributed by atoms with Gasteiger partial charge in [-0.05, 0) is 12.8 Å². The molecule has 113 valence electrons. The predicted molar refractivity (Wildman–Crippen MR) is 68.0 cm³/mol. The molecule has 0 aliphatic carbocycles. The molecule has 20 heavy (non-hydrogen) atoms. The maximum atomic E-state index is 9.81. The monoisotopic (exact) mass is 303 g/mol. The number of hydrogen-bond donors (Lipinski definition) is 0.